The van der Waals surface area contributed by atoms with Crippen LogP contribution in [0.15, 0.2) is 4.99 Å². The van der Waals surface area contributed by atoms with Crippen molar-refractivity contribution in [2.24, 2.45) is 10.4 Å². The van der Waals surface area contributed by atoms with Gasteiger partial charge in [-0.3, -0.25) is 4.99 Å². The van der Waals surface area contributed by atoms with Crippen molar-refractivity contribution in [3.05, 3.63) is 0 Å². The fourth-order valence-corrected chi connectivity index (χ4v) is 3.86. The van der Waals surface area contributed by atoms with E-state index in [0.29, 0.717) is 6.04 Å². The van der Waals surface area contributed by atoms with Gasteiger partial charge >= 0.3 is 0 Å². The molecule has 7 heteroatoms. The van der Waals surface area contributed by atoms with Gasteiger partial charge < -0.3 is 25.0 Å². The monoisotopic (exact) mass is 468 g/mol. The Kier molecular flexibility index (Phi) is 7.99. The number of likely N-dealkylation sites (N-methyl/N-ethyl adjacent to an activating group) is 1. The molecule has 2 aliphatic rings. The summed E-state index contributed by atoms with van der Waals surface area (Å²) in [6.07, 6.45) is 3.07. The van der Waals surface area contributed by atoms with Gasteiger partial charge in [-0.1, -0.05) is 13.8 Å². The molecule has 1 aliphatic heterocycles. The van der Waals surface area contributed by atoms with Crippen LogP contribution in [0.25, 0.3) is 0 Å². The third-order valence-corrected chi connectivity index (χ3v) is 6.77. The molecule has 2 atom stereocenters. The number of guanidine groups is 1. The highest BCUT2D eigenvalue weighted by Crippen LogP contribution is 2.51. The molecule has 0 aromatic heterocycles. The minimum Gasteiger partial charge on any atom is -0.381 e. The van der Waals surface area contributed by atoms with Gasteiger partial charge in [-0.2, -0.15) is 0 Å². The fourth-order valence-electron chi connectivity index (χ4n) is 3.86. The Bertz CT molecular complexity index is 464. The Labute approximate surface area is 170 Å². The van der Waals surface area contributed by atoms with Crippen molar-refractivity contribution in [2.45, 2.75) is 57.2 Å². The first-order valence-electron chi connectivity index (χ1n) is 8.98. The largest absolute Gasteiger partial charge is 0.381 e. The van der Waals surface area contributed by atoms with Crippen molar-refractivity contribution in [1.82, 2.24) is 15.5 Å². The molecule has 2 N–H and O–H groups in total. The summed E-state index contributed by atoms with van der Waals surface area (Å²) in [6.45, 7) is 9.22. The van der Waals surface area contributed by atoms with Crippen LogP contribution in [0, 0.1) is 5.41 Å². The molecule has 0 aromatic carbocycles. The zero-order valence-corrected chi connectivity index (χ0v) is 19.3. The number of rotatable bonds is 5. The van der Waals surface area contributed by atoms with Crippen LogP contribution in [0.1, 0.15) is 40.0 Å². The third kappa shape index (κ3) is 4.42. The molecule has 148 valence electrons. The highest BCUT2D eigenvalue weighted by Gasteiger charge is 2.58. The van der Waals surface area contributed by atoms with Gasteiger partial charge in [0.15, 0.2) is 5.96 Å². The second-order valence-electron chi connectivity index (χ2n) is 8.21. The lowest BCUT2D eigenvalue weighted by Gasteiger charge is -2.59. The van der Waals surface area contributed by atoms with E-state index in [1.54, 1.807) is 7.11 Å². The molecular weight excluding hydrogens is 431 g/mol. The van der Waals surface area contributed by atoms with Gasteiger partial charge in [0.05, 0.1) is 5.60 Å². The zero-order chi connectivity index (χ0) is 18.0. The summed E-state index contributed by atoms with van der Waals surface area (Å²) in [5, 5.41) is 7.13. The van der Waals surface area contributed by atoms with Gasteiger partial charge in [-0.05, 0) is 40.3 Å². The predicted octanol–water partition coefficient (Wildman–Crippen LogP) is 2.08. The number of nitrogens with one attached hydrogen (secondary N) is 2. The van der Waals surface area contributed by atoms with E-state index in [0.717, 1.165) is 45.0 Å². The number of aliphatic imine (C=N–C) groups is 1. The standard InChI is InChI=1S/C18H36N4O2.HI/c1-16(2)14(12-17(16,3)23-7)21-15(19-4)20-13-18(22(5)6)8-10-24-11-9-18;/h14H,8-13H2,1-7H3,(H2,19,20,21);1H. The number of hydrogen-bond acceptors (Lipinski definition) is 4. The Balaban J connectivity index is 0.00000312. The maximum atomic E-state index is 5.72. The SMILES string of the molecule is CN=C(NCC1(N(C)C)CCOCC1)NC1CC(C)(OC)C1(C)C.I. The summed E-state index contributed by atoms with van der Waals surface area (Å²) < 4.78 is 11.3. The third-order valence-electron chi connectivity index (χ3n) is 6.77. The summed E-state index contributed by atoms with van der Waals surface area (Å²) in [5.41, 5.74) is 0.123. The maximum Gasteiger partial charge on any atom is 0.191 e. The number of methoxy groups -OCH3 is 1. The average Bonchev–Trinajstić information content (AvgIpc) is 2.57. The predicted molar refractivity (Wildman–Crippen MR) is 114 cm³/mol. The molecule has 0 bridgehead atoms. The molecule has 1 heterocycles. The number of halogens is 1. The Morgan fingerprint density at radius 3 is 2.28 bits per heavy atom. The number of hydrogen-bond donors (Lipinski definition) is 2. The molecule has 1 aliphatic carbocycles. The smallest absolute Gasteiger partial charge is 0.191 e. The van der Waals surface area contributed by atoms with Crippen molar-refractivity contribution >= 4 is 29.9 Å². The van der Waals surface area contributed by atoms with E-state index in [1.807, 2.05) is 7.05 Å². The molecule has 2 unspecified atom stereocenters. The Hall–Kier alpha value is -0.120. The molecule has 2 fully saturated rings. The lowest BCUT2D eigenvalue weighted by molar-refractivity contribution is -0.176. The van der Waals surface area contributed by atoms with Crippen molar-refractivity contribution < 1.29 is 9.47 Å². The minimum atomic E-state index is -0.0743. The van der Waals surface area contributed by atoms with Crippen LogP contribution < -0.4 is 10.6 Å². The molecule has 0 amide bonds. The molecule has 6 nitrogen and oxygen atoms in total. The van der Waals surface area contributed by atoms with Crippen molar-refractivity contribution in [3.8, 4) is 0 Å². The van der Waals surface area contributed by atoms with Crippen LogP contribution in [0.2, 0.25) is 0 Å². The first-order chi connectivity index (χ1) is 11.2. The Morgan fingerprint density at radius 1 is 1.24 bits per heavy atom. The molecule has 1 saturated carbocycles. The Morgan fingerprint density at radius 2 is 1.84 bits per heavy atom. The molecular formula is C18H37IN4O2. The minimum absolute atomic E-state index is 0. The summed E-state index contributed by atoms with van der Waals surface area (Å²) in [6, 6.07) is 0.360. The fraction of sp³-hybridized carbons (Fsp3) is 0.944. The van der Waals surface area contributed by atoms with Crippen LogP contribution in [0.3, 0.4) is 0 Å². The number of ether oxygens (including phenoxy) is 2. The van der Waals surface area contributed by atoms with Crippen LogP contribution in [-0.2, 0) is 9.47 Å². The second kappa shape index (κ2) is 8.71. The highest BCUT2D eigenvalue weighted by atomic mass is 127. The van der Waals surface area contributed by atoms with Crippen LogP contribution in [0.4, 0.5) is 0 Å². The number of nitrogens with zero attached hydrogens (tertiary/aromatic N) is 2. The van der Waals surface area contributed by atoms with Crippen LogP contribution in [0.5, 0.6) is 0 Å². The van der Waals surface area contributed by atoms with Crippen LogP contribution >= 0.6 is 24.0 Å². The van der Waals surface area contributed by atoms with Gasteiger partial charge in [-0.15, -0.1) is 24.0 Å². The van der Waals surface area contributed by atoms with Crippen LogP contribution in [-0.4, -0.2) is 76.1 Å². The summed E-state index contributed by atoms with van der Waals surface area (Å²) >= 11 is 0. The second-order valence-corrected chi connectivity index (χ2v) is 8.21. The maximum absolute atomic E-state index is 5.72. The van der Waals surface area contributed by atoms with Gasteiger partial charge in [0, 0.05) is 50.9 Å². The first kappa shape index (κ1) is 22.9. The van der Waals surface area contributed by atoms with Crippen molar-refractivity contribution in [1.29, 1.82) is 0 Å². The van der Waals surface area contributed by atoms with Gasteiger partial charge in [0.1, 0.15) is 0 Å². The molecule has 0 spiro atoms. The average molecular weight is 468 g/mol. The van der Waals surface area contributed by atoms with Gasteiger partial charge in [-0.25, -0.2) is 0 Å². The van der Waals surface area contributed by atoms with E-state index < -0.39 is 0 Å². The normalized spacial score (nSPS) is 31.0. The topological polar surface area (TPSA) is 58.1 Å². The highest BCUT2D eigenvalue weighted by molar-refractivity contribution is 14.0. The van der Waals surface area contributed by atoms with E-state index in [1.165, 1.54) is 0 Å². The van der Waals surface area contributed by atoms with Gasteiger partial charge in [0.25, 0.3) is 0 Å². The van der Waals surface area contributed by atoms with Crippen molar-refractivity contribution in [3.63, 3.8) is 0 Å². The van der Waals surface area contributed by atoms with E-state index in [-0.39, 0.29) is 40.5 Å². The summed E-state index contributed by atoms with van der Waals surface area (Å²) in [4.78, 5) is 6.75. The molecule has 0 aromatic rings. The van der Waals surface area contributed by atoms with E-state index in [4.69, 9.17) is 9.47 Å². The molecule has 0 radical (unpaired) electrons. The first-order valence-corrected chi connectivity index (χ1v) is 8.98. The van der Waals surface area contributed by atoms with E-state index in [9.17, 15) is 0 Å². The van der Waals surface area contributed by atoms with Crippen molar-refractivity contribution in [2.75, 3.05) is 48.0 Å². The van der Waals surface area contributed by atoms with E-state index >= 15 is 0 Å². The molecule has 25 heavy (non-hydrogen) atoms. The molecule has 2 rings (SSSR count). The summed E-state index contributed by atoms with van der Waals surface area (Å²) in [5.74, 6) is 0.874. The van der Waals surface area contributed by atoms with E-state index in [2.05, 4.69) is 55.4 Å². The quantitative estimate of drug-likeness (QED) is 0.368. The lowest BCUT2D eigenvalue weighted by atomic mass is 9.56. The summed E-state index contributed by atoms with van der Waals surface area (Å²) in [7, 11) is 7.95. The molecule has 1 saturated heterocycles. The zero-order valence-electron chi connectivity index (χ0n) is 16.9. The lowest BCUT2D eigenvalue weighted by Crippen LogP contribution is -2.70. The van der Waals surface area contributed by atoms with Gasteiger partial charge in [0.2, 0.25) is 0 Å².